The molecule has 1 atom stereocenters. The number of ether oxygens (including phenoxy) is 2. The number of carbonyl (C=O) groups is 2. The number of rotatable bonds is 8. The summed E-state index contributed by atoms with van der Waals surface area (Å²) in [6, 6.07) is 15.4. The summed E-state index contributed by atoms with van der Waals surface area (Å²) in [7, 11) is 3.21. The van der Waals surface area contributed by atoms with E-state index in [2.05, 4.69) is 5.32 Å². The van der Waals surface area contributed by atoms with E-state index in [-0.39, 0.29) is 17.9 Å². The zero-order valence-corrected chi connectivity index (χ0v) is 17.0. The minimum Gasteiger partial charge on any atom is -0.493 e. The average Bonchev–Trinajstić information content (AvgIpc) is 3.24. The number of amides is 2. The van der Waals surface area contributed by atoms with E-state index in [4.69, 9.17) is 9.47 Å². The van der Waals surface area contributed by atoms with Crippen LogP contribution in [0.3, 0.4) is 0 Å². The van der Waals surface area contributed by atoms with Crippen molar-refractivity contribution in [3.63, 3.8) is 0 Å². The van der Waals surface area contributed by atoms with Gasteiger partial charge in [-0.15, -0.1) is 0 Å². The molecule has 2 aromatic rings. The molecule has 0 spiro atoms. The van der Waals surface area contributed by atoms with E-state index >= 15 is 0 Å². The molecule has 1 heterocycles. The molecule has 6 nitrogen and oxygen atoms in total. The summed E-state index contributed by atoms with van der Waals surface area (Å²) in [6.45, 7) is 1.08. The molecule has 3 rings (SSSR count). The van der Waals surface area contributed by atoms with E-state index in [0.29, 0.717) is 30.9 Å². The van der Waals surface area contributed by atoms with Crippen LogP contribution in [0.15, 0.2) is 48.5 Å². The van der Waals surface area contributed by atoms with Gasteiger partial charge in [-0.25, -0.2) is 0 Å². The lowest BCUT2D eigenvalue weighted by molar-refractivity contribution is -0.132. The number of carbonyl (C=O) groups excluding carboxylic acids is 2. The van der Waals surface area contributed by atoms with E-state index in [1.807, 2.05) is 53.4 Å². The molecule has 1 unspecified atom stereocenters. The maximum atomic E-state index is 12.8. The Morgan fingerprint density at radius 2 is 1.83 bits per heavy atom. The Balaban J connectivity index is 1.54. The Morgan fingerprint density at radius 1 is 1.07 bits per heavy atom. The van der Waals surface area contributed by atoms with Gasteiger partial charge in [0.1, 0.15) is 0 Å². The molecular formula is C23H28N2O4. The highest BCUT2D eigenvalue weighted by Gasteiger charge is 2.30. The molecule has 0 aromatic heterocycles. The third kappa shape index (κ3) is 5.28. The van der Waals surface area contributed by atoms with Crippen molar-refractivity contribution in [1.29, 1.82) is 0 Å². The van der Waals surface area contributed by atoms with Gasteiger partial charge in [0.05, 0.1) is 26.7 Å². The van der Waals surface area contributed by atoms with Gasteiger partial charge in [-0.3, -0.25) is 9.59 Å². The maximum Gasteiger partial charge on any atom is 0.224 e. The number of likely N-dealkylation sites (tertiary alicyclic amines) is 1. The van der Waals surface area contributed by atoms with Gasteiger partial charge in [0, 0.05) is 19.5 Å². The zero-order valence-electron chi connectivity index (χ0n) is 17.0. The average molecular weight is 396 g/mol. The number of benzene rings is 2. The van der Waals surface area contributed by atoms with Crippen LogP contribution in [0.1, 0.15) is 36.4 Å². The fourth-order valence-corrected chi connectivity index (χ4v) is 3.77. The minimum absolute atomic E-state index is 0.0299. The lowest BCUT2D eigenvalue weighted by atomic mass is 10.0. The molecule has 1 saturated heterocycles. The summed E-state index contributed by atoms with van der Waals surface area (Å²) in [5, 5.41) is 2.85. The highest BCUT2D eigenvalue weighted by Crippen LogP contribution is 2.37. The summed E-state index contributed by atoms with van der Waals surface area (Å²) >= 11 is 0. The van der Waals surface area contributed by atoms with E-state index < -0.39 is 0 Å². The van der Waals surface area contributed by atoms with Gasteiger partial charge in [0.15, 0.2) is 11.5 Å². The quantitative estimate of drug-likeness (QED) is 0.744. The summed E-state index contributed by atoms with van der Waals surface area (Å²) < 4.78 is 10.7. The maximum absolute atomic E-state index is 12.8. The van der Waals surface area contributed by atoms with Crippen molar-refractivity contribution in [2.45, 2.75) is 31.7 Å². The largest absolute Gasteiger partial charge is 0.493 e. The first-order valence-corrected chi connectivity index (χ1v) is 9.94. The Labute approximate surface area is 171 Å². The van der Waals surface area contributed by atoms with Crippen LogP contribution in [-0.4, -0.2) is 44.0 Å². The van der Waals surface area contributed by atoms with Crippen molar-refractivity contribution in [3.05, 3.63) is 59.7 Å². The molecule has 1 aliphatic heterocycles. The van der Waals surface area contributed by atoms with Crippen molar-refractivity contribution in [3.8, 4) is 11.5 Å². The van der Waals surface area contributed by atoms with Gasteiger partial charge in [0.2, 0.25) is 11.8 Å². The first-order chi connectivity index (χ1) is 14.1. The SMILES string of the molecule is COc1ccc(C2CCCN2C(=O)CCNC(=O)Cc2ccccc2)cc1OC. The Morgan fingerprint density at radius 3 is 2.55 bits per heavy atom. The van der Waals surface area contributed by atoms with Crippen LogP contribution in [0, 0.1) is 0 Å². The first kappa shape index (κ1) is 20.7. The summed E-state index contributed by atoms with van der Waals surface area (Å²) in [5.74, 6) is 1.33. The lowest BCUT2D eigenvalue weighted by Crippen LogP contribution is -2.34. The van der Waals surface area contributed by atoms with E-state index in [0.717, 1.165) is 30.5 Å². The molecule has 154 valence electrons. The standard InChI is InChI=1S/C23H28N2O4/c1-28-20-11-10-18(16-21(20)29-2)19-9-6-14-25(19)23(27)12-13-24-22(26)15-17-7-4-3-5-8-17/h3-5,7-8,10-11,16,19H,6,9,12-15H2,1-2H3,(H,24,26). The summed E-state index contributed by atoms with van der Waals surface area (Å²) in [5.41, 5.74) is 2.01. The number of methoxy groups -OCH3 is 2. The molecular weight excluding hydrogens is 368 g/mol. The Hall–Kier alpha value is -3.02. The van der Waals surface area contributed by atoms with E-state index in [1.54, 1.807) is 14.2 Å². The molecule has 0 bridgehead atoms. The summed E-state index contributed by atoms with van der Waals surface area (Å²) in [6.07, 6.45) is 2.50. The molecule has 2 aromatic carbocycles. The molecule has 0 radical (unpaired) electrons. The van der Waals surface area contributed by atoms with Crippen LogP contribution in [0.4, 0.5) is 0 Å². The van der Waals surface area contributed by atoms with Crippen LogP contribution in [0.5, 0.6) is 11.5 Å². The molecule has 1 aliphatic rings. The highest BCUT2D eigenvalue weighted by molar-refractivity contribution is 5.80. The number of nitrogens with one attached hydrogen (secondary N) is 1. The van der Waals surface area contributed by atoms with E-state index in [9.17, 15) is 9.59 Å². The summed E-state index contributed by atoms with van der Waals surface area (Å²) in [4.78, 5) is 26.7. The smallest absolute Gasteiger partial charge is 0.224 e. The number of nitrogens with zero attached hydrogens (tertiary/aromatic N) is 1. The first-order valence-electron chi connectivity index (χ1n) is 9.94. The topological polar surface area (TPSA) is 67.9 Å². The molecule has 1 fully saturated rings. The van der Waals surface area contributed by atoms with E-state index in [1.165, 1.54) is 0 Å². The predicted octanol–water partition coefficient (Wildman–Crippen LogP) is 3.12. The van der Waals surface area contributed by atoms with Crippen molar-refractivity contribution in [2.24, 2.45) is 0 Å². The number of hydrogen-bond acceptors (Lipinski definition) is 4. The second kappa shape index (κ2) is 9.96. The molecule has 2 amide bonds. The van der Waals surface area contributed by atoms with Gasteiger partial charge in [-0.2, -0.15) is 0 Å². The van der Waals surface area contributed by atoms with Gasteiger partial charge >= 0.3 is 0 Å². The second-order valence-corrected chi connectivity index (χ2v) is 7.12. The van der Waals surface area contributed by atoms with Crippen molar-refractivity contribution in [2.75, 3.05) is 27.3 Å². The van der Waals surface area contributed by atoms with Crippen molar-refractivity contribution in [1.82, 2.24) is 10.2 Å². The van der Waals surface area contributed by atoms with Crippen LogP contribution >= 0.6 is 0 Å². The fraction of sp³-hybridized carbons (Fsp3) is 0.391. The van der Waals surface area contributed by atoms with Crippen LogP contribution in [0.2, 0.25) is 0 Å². The Bertz CT molecular complexity index is 838. The molecule has 29 heavy (non-hydrogen) atoms. The highest BCUT2D eigenvalue weighted by atomic mass is 16.5. The predicted molar refractivity (Wildman–Crippen MR) is 111 cm³/mol. The van der Waals surface area contributed by atoms with Crippen molar-refractivity contribution >= 4 is 11.8 Å². The third-order valence-electron chi connectivity index (χ3n) is 5.23. The van der Waals surface area contributed by atoms with Gasteiger partial charge < -0.3 is 19.7 Å². The van der Waals surface area contributed by atoms with Gasteiger partial charge in [0.25, 0.3) is 0 Å². The van der Waals surface area contributed by atoms with Crippen LogP contribution in [-0.2, 0) is 16.0 Å². The van der Waals surface area contributed by atoms with Crippen LogP contribution in [0.25, 0.3) is 0 Å². The van der Waals surface area contributed by atoms with Crippen LogP contribution < -0.4 is 14.8 Å². The lowest BCUT2D eigenvalue weighted by Gasteiger charge is -2.26. The molecule has 0 aliphatic carbocycles. The normalized spacial score (nSPS) is 15.8. The second-order valence-electron chi connectivity index (χ2n) is 7.12. The third-order valence-corrected chi connectivity index (χ3v) is 5.23. The van der Waals surface area contributed by atoms with Gasteiger partial charge in [-0.1, -0.05) is 36.4 Å². The Kier molecular flexibility index (Phi) is 7.11. The minimum atomic E-state index is -0.0677. The monoisotopic (exact) mass is 396 g/mol. The van der Waals surface area contributed by atoms with Crippen molar-refractivity contribution < 1.29 is 19.1 Å². The zero-order chi connectivity index (χ0) is 20.6. The molecule has 6 heteroatoms. The molecule has 1 N–H and O–H groups in total. The number of hydrogen-bond donors (Lipinski definition) is 1. The molecule has 0 saturated carbocycles. The fourth-order valence-electron chi connectivity index (χ4n) is 3.77. The van der Waals surface area contributed by atoms with Gasteiger partial charge in [-0.05, 0) is 36.1 Å².